The van der Waals surface area contributed by atoms with Crippen LogP contribution in [-0.4, -0.2) is 37.1 Å². The number of amides is 2. The number of benzene rings is 2. The van der Waals surface area contributed by atoms with Crippen LogP contribution in [0.3, 0.4) is 0 Å². The van der Waals surface area contributed by atoms with E-state index in [2.05, 4.69) is 0 Å². The number of imide groups is 1. The van der Waals surface area contributed by atoms with Crippen molar-refractivity contribution in [2.75, 3.05) is 19.1 Å². The van der Waals surface area contributed by atoms with Gasteiger partial charge in [0.05, 0.1) is 36.9 Å². The van der Waals surface area contributed by atoms with Gasteiger partial charge >= 0.3 is 5.97 Å². The van der Waals surface area contributed by atoms with E-state index in [9.17, 15) is 19.5 Å². The molecule has 1 atom stereocenters. The molecule has 1 aliphatic heterocycles. The lowest BCUT2D eigenvalue weighted by Gasteiger charge is -2.27. The molecule has 0 saturated carbocycles. The minimum absolute atomic E-state index is 0.0105. The maximum atomic E-state index is 13.2. The second kappa shape index (κ2) is 9.36. The first-order valence-electron chi connectivity index (χ1n) is 10.1. The van der Waals surface area contributed by atoms with Crippen molar-refractivity contribution >= 4 is 46.4 Å². The number of fused-ring (bicyclic) bond motifs is 1. The summed E-state index contributed by atoms with van der Waals surface area (Å²) in [5.74, 6) is -0.881. The highest BCUT2D eigenvalue weighted by molar-refractivity contribution is 7.12. The summed E-state index contributed by atoms with van der Waals surface area (Å²) in [6.07, 6.45) is -0.542. The van der Waals surface area contributed by atoms with Crippen LogP contribution in [0, 0.1) is 0 Å². The van der Waals surface area contributed by atoms with Crippen LogP contribution < -0.4 is 19.1 Å². The van der Waals surface area contributed by atoms with Gasteiger partial charge in [0.1, 0.15) is 28.2 Å². The monoisotopic (exact) mass is 501 g/mol. The van der Waals surface area contributed by atoms with E-state index in [0.717, 1.165) is 21.8 Å². The summed E-state index contributed by atoms with van der Waals surface area (Å²) in [5.41, 5.74) is 1.32. The van der Waals surface area contributed by atoms with Gasteiger partial charge in [-0.2, -0.15) is 0 Å². The zero-order valence-corrected chi connectivity index (χ0v) is 20.0. The summed E-state index contributed by atoms with van der Waals surface area (Å²) in [4.78, 5) is 38.4. The van der Waals surface area contributed by atoms with Crippen LogP contribution in [0.1, 0.15) is 44.2 Å². The van der Waals surface area contributed by atoms with E-state index in [1.807, 2.05) is 19.1 Å². The van der Waals surface area contributed by atoms with Crippen LogP contribution in [0.4, 0.5) is 5.69 Å². The molecule has 10 heteroatoms. The molecular formula is C24H20ClNO7S. The lowest BCUT2D eigenvalue weighted by atomic mass is 10.0. The number of thiophene rings is 1. The van der Waals surface area contributed by atoms with Gasteiger partial charge in [0.25, 0.3) is 5.91 Å². The Bertz CT molecular complexity index is 1280. The lowest BCUT2D eigenvalue weighted by Crippen LogP contribution is -2.42. The number of methoxy groups -OCH3 is 2. The Hall–Kier alpha value is -3.56. The van der Waals surface area contributed by atoms with Crippen molar-refractivity contribution in [2.45, 2.75) is 19.4 Å². The summed E-state index contributed by atoms with van der Waals surface area (Å²) in [5, 5.41) is 11.1. The fourth-order valence-electron chi connectivity index (χ4n) is 3.70. The van der Waals surface area contributed by atoms with E-state index in [1.54, 1.807) is 26.4 Å². The SMILES string of the molecule is COc1cc(OC)cc(C(C)Oc2ccc(Cl)c(N3C(=O)Cc4csc(C(=O)O)c4C3=O)c2)c1. The van der Waals surface area contributed by atoms with Crippen molar-refractivity contribution in [3.8, 4) is 17.2 Å². The van der Waals surface area contributed by atoms with Gasteiger partial charge in [-0.1, -0.05) is 11.6 Å². The minimum Gasteiger partial charge on any atom is -0.497 e. The van der Waals surface area contributed by atoms with Crippen LogP contribution in [0.25, 0.3) is 0 Å². The predicted molar refractivity (Wildman–Crippen MR) is 127 cm³/mol. The number of carbonyl (C=O) groups excluding carboxylic acids is 2. The van der Waals surface area contributed by atoms with Crippen LogP contribution in [0.15, 0.2) is 41.8 Å². The molecule has 4 rings (SSSR count). The van der Waals surface area contributed by atoms with Crippen LogP contribution in [0.2, 0.25) is 5.02 Å². The molecule has 1 aromatic heterocycles. The fourth-order valence-corrected chi connectivity index (χ4v) is 4.80. The Morgan fingerprint density at radius 2 is 1.76 bits per heavy atom. The van der Waals surface area contributed by atoms with Crippen molar-refractivity contribution in [1.29, 1.82) is 0 Å². The van der Waals surface area contributed by atoms with Crippen LogP contribution in [-0.2, 0) is 11.2 Å². The third-order valence-electron chi connectivity index (χ3n) is 5.38. The van der Waals surface area contributed by atoms with Crippen LogP contribution >= 0.6 is 22.9 Å². The maximum Gasteiger partial charge on any atom is 0.346 e. The molecule has 1 unspecified atom stereocenters. The standard InChI is InChI=1S/C24H20ClNO7S/c1-12(13-6-16(31-2)9-17(7-13)32-3)33-15-4-5-18(25)19(10-15)26-20(27)8-14-11-34-22(24(29)30)21(14)23(26)28/h4-7,9-12H,8H2,1-3H3,(H,29,30). The molecule has 1 aliphatic rings. The molecule has 0 aliphatic carbocycles. The van der Waals surface area contributed by atoms with Crippen molar-refractivity contribution in [2.24, 2.45) is 0 Å². The summed E-state index contributed by atoms with van der Waals surface area (Å²) < 4.78 is 16.7. The average molecular weight is 502 g/mol. The zero-order valence-electron chi connectivity index (χ0n) is 18.5. The number of hydrogen-bond acceptors (Lipinski definition) is 7. The predicted octanol–water partition coefficient (Wildman–Crippen LogP) is 4.99. The second-order valence-electron chi connectivity index (χ2n) is 7.50. The molecule has 0 bridgehead atoms. The Morgan fingerprint density at radius 1 is 1.09 bits per heavy atom. The first kappa shape index (κ1) is 23.6. The third-order valence-corrected chi connectivity index (χ3v) is 6.72. The number of nitrogens with zero attached hydrogens (tertiary/aromatic N) is 1. The Balaban J connectivity index is 1.66. The minimum atomic E-state index is -1.22. The topological polar surface area (TPSA) is 102 Å². The molecule has 34 heavy (non-hydrogen) atoms. The number of carbonyl (C=O) groups is 3. The number of carboxylic acids is 1. The molecule has 2 heterocycles. The molecule has 8 nitrogen and oxygen atoms in total. The fraction of sp³-hybridized carbons (Fsp3) is 0.208. The lowest BCUT2D eigenvalue weighted by molar-refractivity contribution is -0.117. The summed E-state index contributed by atoms with van der Waals surface area (Å²) in [7, 11) is 3.10. The van der Waals surface area contributed by atoms with E-state index in [-0.39, 0.29) is 27.6 Å². The molecule has 2 aromatic carbocycles. The molecule has 0 fully saturated rings. The smallest absolute Gasteiger partial charge is 0.346 e. The molecule has 0 spiro atoms. The Morgan fingerprint density at radius 3 is 2.38 bits per heavy atom. The quantitative estimate of drug-likeness (QED) is 0.455. The summed E-state index contributed by atoms with van der Waals surface area (Å²) >= 11 is 7.27. The molecule has 0 saturated heterocycles. The van der Waals surface area contributed by atoms with Gasteiger partial charge in [-0.15, -0.1) is 11.3 Å². The molecule has 3 aromatic rings. The molecule has 2 amide bonds. The zero-order chi connectivity index (χ0) is 24.6. The Kier molecular flexibility index (Phi) is 6.49. The van der Waals surface area contributed by atoms with E-state index >= 15 is 0 Å². The first-order valence-corrected chi connectivity index (χ1v) is 11.4. The van der Waals surface area contributed by atoms with Crippen molar-refractivity contribution < 1.29 is 33.7 Å². The van der Waals surface area contributed by atoms with Gasteiger partial charge in [-0.3, -0.25) is 9.59 Å². The van der Waals surface area contributed by atoms with Crippen LogP contribution in [0.5, 0.6) is 17.2 Å². The third kappa shape index (κ3) is 4.32. The van der Waals surface area contributed by atoms with E-state index in [4.69, 9.17) is 25.8 Å². The van der Waals surface area contributed by atoms with Crippen molar-refractivity contribution in [3.63, 3.8) is 0 Å². The van der Waals surface area contributed by atoms with Gasteiger partial charge in [0.15, 0.2) is 0 Å². The highest BCUT2D eigenvalue weighted by Gasteiger charge is 2.37. The number of aromatic carboxylic acids is 1. The van der Waals surface area contributed by atoms with E-state index in [0.29, 0.717) is 22.8 Å². The number of ether oxygens (including phenoxy) is 3. The molecule has 1 N–H and O–H groups in total. The summed E-state index contributed by atoms with van der Waals surface area (Å²) in [6, 6.07) is 10.0. The first-order chi connectivity index (χ1) is 16.2. The second-order valence-corrected chi connectivity index (χ2v) is 8.79. The maximum absolute atomic E-state index is 13.2. The Labute approximate surface area is 204 Å². The molecule has 176 valence electrons. The average Bonchev–Trinajstić information content (AvgIpc) is 3.25. The number of halogens is 1. The van der Waals surface area contributed by atoms with E-state index < -0.39 is 23.9 Å². The van der Waals surface area contributed by atoms with Gasteiger partial charge in [0, 0.05) is 12.1 Å². The van der Waals surface area contributed by atoms with Gasteiger partial charge < -0.3 is 19.3 Å². The van der Waals surface area contributed by atoms with Crippen molar-refractivity contribution in [1.82, 2.24) is 0 Å². The largest absolute Gasteiger partial charge is 0.497 e. The normalized spacial score (nSPS) is 13.9. The number of hydrogen-bond donors (Lipinski definition) is 1. The number of carboxylic acid groups (broad SMARTS) is 1. The van der Waals surface area contributed by atoms with Gasteiger partial charge in [0.2, 0.25) is 5.91 Å². The van der Waals surface area contributed by atoms with Crippen molar-refractivity contribution in [3.05, 3.63) is 68.4 Å². The highest BCUT2D eigenvalue weighted by Crippen LogP contribution is 2.38. The van der Waals surface area contributed by atoms with E-state index in [1.165, 1.54) is 17.5 Å². The molecular weight excluding hydrogens is 482 g/mol. The van der Waals surface area contributed by atoms with Gasteiger partial charge in [-0.05, 0) is 47.7 Å². The summed E-state index contributed by atoms with van der Waals surface area (Å²) in [6.45, 7) is 1.83. The molecule has 0 radical (unpaired) electrons. The highest BCUT2D eigenvalue weighted by atomic mass is 35.5. The van der Waals surface area contributed by atoms with Gasteiger partial charge in [-0.25, -0.2) is 9.69 Å². The number of anilines is 1. The number of rotatable bonds is 7.